The predicted octanol–water partition coefficient (Wildman–Crippen LogP) is 3.68. The lowest BCUT2D eigenvalue weighted by Crippen LogP contribution is -2.39. The third kappa shape index (κ3) is 10.2. The second kappa shape index (κ2) is 14.1. The number of hydrogen-bond acceptors (Lipinski definition) is 5. The van der Waals surface area contributed by atoms with E-state index >= 15 is 0 Å². The van der Waals surface area contributed by atoms with Crippen molar-refractivity contribution in [2.45, 2.75) is 59.5 Å². The zero-order valence-electron chi connectivity index (χ0n) is 17.6. The SMILES string of the molecule is CCOC(COC[C@H](Cc1ccccc1)[C@@H](OCC(C)C)[C@H](C)O)OCC. The summed E-state index contributed by atoms with van der Waals surface area (Å²) in [7, 11) is 0. The van der Waals surface area contributed by atoms with Crippen molar-refractivity contribution < 1.29 is 24.1 Å². The highest BCUT2D eigenvalue weighted by molar-refractivity contribution is 5.15. The Labute approximate surface area is 165 Å². The Bertz CT molecular complexity index is 457. The lowest BCUT2D eigenvalue weighted by molar-refractivity contribution is -0.174. The second-order valence-electron chi connectivity index (χ2n) is 7.26. The van der Waals surface area contributed by atoms with Crippen molar-refractivity contribution in [2.24, 2.45) is 11.8 Å². The van der Waals surface area contributed by atoms with Gasteiger partial charge in [0, 0.05) is 25.7 Å². The molecule has 0 aliphatic heterocycles. The molecule has 0 bridgehead atoms. The molecule has 0 aliphatic carbocycles. The lowest BCUT2D eigenvalue weighted by Gasteiger charge is -2.31. The van der Waals surface area contributed by atoms with Crippen LogP contribution in [0, 0.1) is 11.8 Å². The topological polar surface area (TPSA) is 57.2 Å². The molecule has 5 heteroatoms. The van der Waals surface area contributed by atoms with E-state index in [-0.39, 0.29) is 18.3 Å². The second-order valence-corrected chi connectivity index (χ2v) is 7.26. The summed E-state index contributed by atoms with van der Waals surface area (Å²) in [6, 6.07) is 10.3. The molecule has 27 heavy (non-hydrogen) atoms. The van der Waals surface area contributed by atoms with Crippen LogP contribution in [-0.2, 0) is 25.4 Å². The first-order valence-corrected chi connectivity index (χ1v) is 10.1. The Morgan fingerprint density at radius 3 is 2.00 bits per heavy atom. The minimum Gasteiger partial charge on any atom is -0.391 e. The highest BCUT2D eigenvalue weighted by Gasteiger charge is 2.28. The highest BCUT2D eigenvalue weighted by Crippen LogP contribution is 2.20. The molecule has 0 radical (unpaired) electrons. The third-order valence-corrected chi connectivity index (χ3v) is 4.19. The maximum absolute atomic E-state index is 10.3. The number of aliphatic hydroxyl groups is 1. The van der Waals surface area contributed by atoms with Crippen LogP contribution in [0.25, 0.3) is 0 Å². The quantitative estimate of drug-likeness (QED) is 0.469. The number of aliphatic hydroxyl groups excluding tert-OH is 1. The Kier molecular flexibility index (Phi) is 12.5. The van der Waals surface area contributed by atoms with Gasteiger partial charge >= 0.3 is 0 Å². The van der Waals surface area contributed by atoms with E-state index in [4.69, 9.17) is 18.9 Å². The molecule has 0 amide bonds. The van der Waals surface area contributed by atoms with Crippen LogP contribution in [0.4, 0.5) is 0 Å². The van der Waals surface area contributed by atoms with E-state index in [1.165, 1.54) is 5.56 Å². The standard InChI is InChI=1S/C22H38O5/c1-6-25-21(26-7-2)16-24-15-20(13-19-11-9-8-10-12-19)22(18(5)23)27-14-17(3)4/h8-12,17-18,20-23H,6-7,13-16H2,1-5H3/t18-,20-,22-/m0/s1. The largest absolute Gasteiger partial charge is 0.391 e. The number of rotatable bonds is 15. The summed E-state index contributed by atoms with van der Waals surface area (Å²) in [5.41, 5.74) is 1.20. The average Bonchev–Trinajstić information content (AvgIpc) is 2.62. The summed E-state index contributed by atoms with van der Waals surface area (Å²) < 4.78 is 23.1. The van der Waals surface area contributed by atoms with Gasteiger partial charge in [-0.25, -0.2) is 0 Å². The maximum atomic E-state index is 10.3. The highest BCUT2D eigenvalue weighted by atomic mass is 16.7. The van der Waals surface area contributed by atoms with Gasteiger partial charge in [0.2, 0.25) is 0 Å². The summed E-state index contributed by atoms with van der Waals surface area (Å²) in [5.74, 6) is 0.444. The molecule has 0 saturated carbocycles. The van der Waals surface area contributed by atoms with E-state index in [9.17, 15) is 5.11 Å². The molecule has 1 aromatic rings. The molecule has 0 heterocycles. The molecule has 5 nitrogen and oxygen atoms in total. The van der Waals surface area contributed by atoms with Crippen LogP contribution < -0.4 is 0 Å². The van der Waals surface area contributed by atoms with Crippen LogP contribution in [0.2, 0.25) is 0 Å². The van der Waals surface area contributed by atoms with Crippen molar-refractivity contribution in [3.63, 3.8) is 0 Å². The van der Waals surface area contributed by atoms with E-state index in [1.54, 1.807) is 6.92 Å². The van der Waals surface area contributed by atoms with Crippen LogP contribution >= 0.6 is 0 Å². The first-order chi connectivity index (χ1) is 13.0. The lowest BCUT2D eigenvalue weighted by atomic mass is 9.91. The van der Waals surface area contributed by atoms with Crippen molar-refractivity contribution in [2.75, 3.05) is 33.0 Å². The molecule has 3 atom stereocenters. The fourth-order valence-electron chi connectivity index (χ4n) is 2.99. The zero-order chi connectivity index (χ0) is 20.1. The summed E-state index contributed by atoms with van der Waals surface area (Å²) in [5, 5.41) is 10.3. The van der Waals surface area contributed by atoms with E-state index in [2.05, 4.69) is 26.0 Å². The van der Waals surface area contributed by atoms with Crippen molar-refractivity contribution in [1.29, 1.82) is 0 Å². The maximum Gasteiger partial charge on any atom is 0.180 e. The minimum atomic E-state index is -0.573. The molecular weight excluding hydrogens is 344 g/mol. The van der Waals surface area contributed by atoms with Crippen molar-refractivity contribution >= 4 is 0 Å². The number of ether oxygens (including phenoxy) is 4. The number of benzene rings is 1. The molecule has 1 rings (SSSR count). The predicted molar refractivity (Wildman–Crippen MR) is 108 cm³/mol. The summed E-state index contributed by atoms with van der Waals surface area (Å²) in [4.78, 5) is 0. The van der Waals surface area contributed by atoms with Gasteiger partial charge in [-0.05, 0) is 38.7 Å². The van der Waals surface area contributed by atoms with Crippen LogP contribution in [-0.4, -0.2) is 56.6 Å². The van der Waals surface area contributed by atoms with Gasteiger partial charge in [-0.3, -0.25) is 0 Å². The zero-order valence-corrected chi connectivity index (χ0v) is 17.6. The monoisotopic (exact) mass is 382 g/mol. The first-order valence-electron chi connectivity index (χ1n) is 10.1. The molecule has 0 spiro atoms. The normalized spacial score (nSPS) is 15.3. The van der Waals surface area contributed by atoms with Gasteiger partial charge in [0.1, 0.15) is 0 Å². The van der Waals surface area contributed by atoms with E-state index in [0.29, 0.717) is 39.0 Å². The molecule has 0 saturated heterocycles. The fraction of sp³-hybridized carbons (Fsp3) is 0.727. The Hall–Kier alpha value is -0.980. The number of hydrogen-bond donors (Lipinski definition) is 1. The molecule has 0 fully saturated rings. The van der Waals surface area contributed by atoms with Gasteiger partial charge in [-0.1, -0.05) is 44.2 Å². The first kappa shape index (κ1) is 24.1. The minimum absolute atomic E-state index is 0.0371. The average molecular weight is 383 g/mol. The van der Waals surface area contributed by atoms with Crippen LogP contribution in [0.15, 0.2) is 30.3 Å². The third-order valence-electron chi connectivity index (χ3n) is 4.19. The van der Waals surface area contributed by atoms with Crippen molar-refractivity contribution in [1.82, 2.24) is 0 Å². The van der Waals surface area contributed by atoms with E-state index in [0.717, 1.165) is 6.42 Å². The van der Waals surface area contributed by atoms with Crippen molar-refractivity contribution in [3.8, 4) is 0 Å². The molecule has 0 aromatic heterocycles. The van der Waals surface area contributed by atoms with Crippen molar-refractivity contribution in [3.05, 3.63) is 35.9 Å². The van der Waals surface area contributed by atoms with Gasteiger partial charge in [-0.15, -0.1) is 0 Å². The molecule has 156 valence electrons. The Morgan fingerprint density at radius 1 is 0.852 bits per heavy atom. The molecule has 0 aliphatic rings. The molecular formula is C22H38O5. The summed E-state index contributed by atoms with van der Waals surface area (Å²) in [6.07, 6.45) is -0.442. The van der Waals surface area contributed by atoms with Gasteiger partial charge < -0.3 is 24.1 Å². The van der Waals surface area contributed by atoms with Crippen LogP contribution in [0.5, 0.6) is 0 Å². The Balaban J connectivity index is 2.76. The van der Waals surface area contributed by atoms with Gasteiger partial charge in [0.15, 0.2) is 6.29 Å². The van der Waals surface area contributed by atoms with E-state index in [1.807, 2.05) is 32.0 Å². The van der Waals surface area contributed by atoms with Gasteiger partial charge in [0.05, 0.1) is 25.4 Å². The summed E-state index contributed by atoms with van der Waals surface area (Å²) >= 11 is 0. The molecule has 1 N–H and O–H groups in total. The summed E-state index contributed by atoms with van der Waals surface area (Å²) in [6.45, 7) is 12.5. The smallest absolute Gasteiger partial charge is 0.180 e. The Morgan fingerprint density at radius 2 is 1.48 bits per heavy atom. The van der Waals surface area contributed by atoms with Crippen LogP contribution in [0.3, 0.4) is 0 Å². The fourth-order valence-corrected chi connectivity index (χ4v) is 2.99. The van der Waals surface area contributed by atoms with Gasteiger partial charge in [0.25, 0.3) is 0 Å². The van der Waals surface area contributed by atoms with Crippen LogP contribution in [0.1, 0.15) is 40.2 Å². The van der Waals surface area contributed by atoms with E-state index < -0.39 is 6.10 Å². The molecule has 1 aromatic carbocycles. The molecule has 0 unspecified atom stereocenters. The van der Waals surface area contributed by atoms with Gasteiger partial charge in [-0.2, -0.15) is 0 Å².